The number of halogens is 3. The predicted octanol–water partition coefficient (Wildman–Crippen LogP) is 6.22. The van der Waals surface area contributed by atoms with Gasteiger partial charge in [-0.15, -0.1) is 0 Å². The number of hydrogen-bond donors (Lipinski definition) is 1. The third kappa shape index (κ3) is 4.36. The van der Waals surface area contributed by atoms with E-state index in [1.807, 2.05) is 30.3 Å². The van der Waals surface area contributed by atoms with Crippen LogP contribution in [0.3, 0.4) is 0 Å². The average Bonchev–Trinajstić information content (AvgIpc) is 2.42. The van der Waals surface area contributed by atoms with Crippen molar-refractivity contribution in [1.82, 2.24) is 5.32 Å². The third-order valence-electron chi connectivity index (χ3n) is 3.07. The monoisotopic (exact) mass is 387 g/mol. The van der Waals surface area contributed by atoms with Crippen molar-refractivity contribution in [2.75, 3.05) is 6.54 Å². The minimum Gasteiger partial charge on any atom is -0.456 e. The molecule has 0 aromatic heterocycles. The first kappa shape index (κ1) is 16.6. The molecule has 0 spiro atoms. The molecule has 2 aromatic carbocycles. The molecule has 2 aromatic rings. The highest BCUT2D eigenvalue weighted by Crippen LogP contribution is 2.34. The molecule has 0 heterocycles. The van der Waals surface area contributed by atoms with Gasteiger partial charge in [0, 0.05) is 15.5 Å². The molecule has 1 atom stereocenters. The van der Waals surface area contributed by atoms with Gasteiger partial charge in [-0.1, -0.05) is 52.1 Å². The van der Waals surface area contributed by atoms with E-state index in [2.05, 4.69) is 35.1 Å². The first-order chi connectivity index (χ1) is 10.0. The molecule has 0 amide bonds. The normalized spacial score (nSPS) is 12.2. The maximum Gasteiger partial charge on any atom is 0.146 e. The molecule has 0 saturated carbocycles. The molecular formula is C16H16BrCl2NO. The highest BCUT2D eigenvalue weighted by molar-refractivity contribution is 9.10. The topological polar surface area (TPSA) is 21.3 Å². The van der Waals surface area contributed by atoms with Crippen molar-refractivity contribution < 1.29 is 4.74 Å². The van der Waals surface area contributed by atoms with Crippen LogP contribution in [0.25, 0.3) is 0 Å². The van der Waals surface area contributed by atoms with Crippen LogP contribution in [0.15, 0.2) is 40.9 Å². The Hall–Kier alpha value is -0.740. The van der Waals surface area contributed by atoms with Gasteiger partial charge < -0.3 is 10.1 Å². The lowest BCUT2D eigenvalue weighted by Crippen LogP contribution is -2.17. The molecule has 112 valence electrons. The Morgan fingerprint density at radius 1 is 1.14 bits per heavy atom. The summed E-state index contributed by atoms with van der Waals surface area (Å²) in [7, 11) is 0. The lowest BCUT2D eigenvalue weighted by molar-refractivity contribution is 0.482. The Bertz CT molecular complexity index is 634. The fraction of sp³-hybridized carbons (Fsp3) is 0.250. The number of rotatable bonds is 5. The molecule has 0 saturated heterocycles. The summed E-state index contributed by atoms with van der Waals surface area (Å²) in [6, 6.07) is 11.4. The summed E-state index contributed by atoms with van der Waals surface area (Å²) in [5.41, 5.74) is 1.05. The Kier molecular flexibility index (Phi) is 5.94. The van der Waals surface area contributed by atoms with E-state index in [4.69, 9.17) is 27.9 Å². The fourth-order valence-electron chi connectivity index (χ4n) is 2.02. The standard InChI is InChI=1S/C16H16BrCl2NO/c1-3-20-10(2)13-6-5-12(9-14(13)18)21-16-7-4-11(17)8-15(16)19/h4-10,20H,3H2,1-2H3. The van der Waals surface area contributed by atoms with Crippen LogP contribution in [0.5, 0.6) is 11.5 Å². The third-order valence-corrected chi connectivity index (χ3v) is 4.19. The molecule has 0 aliphatic heterocycles. The molecule has 21 heavy (non-hydrogen) atoms. The van der Waals surface area contributed by atoms with Gasteiger partial charge in [-0.25, -0.2) is 0 Å². The molecule has 2 rings (SSSR count). The van der Waals surface area contributed by atoms with E-state index in [9.17, 15) is 0 Å². The second-order valence-corrected chi connectivity index (χ2v) is 6.37. The van der Waals surface area contributed by atoms with Crippen molar-refractivity contribution in [3.63, 3.8) is 0 Å². The van der Waals surface area contributed by atoms with Gasteiger partial charge in [0.25, 0.3) is 0 Å². The van der Waals surface area contributed by atoms with Crippen molar-refractivity contribution in [2.24, 2.45) is 0 Å². The lowest BCUT2D eigenvalue weighted by Gasteiger charge is -2.15. The van der Waals surface area contributed by atoms with Gasteiger partial charge in [-0.05, 0) is 49.4 Å². The molecule has 0 aliphatic rings. The van der Waals surface area contributed by atoms with Crippen LogP contribution in [-0.2, 0) is 0 Å². The Labute approximate surface area is 143 Å². The number of hydrogen-bond acceptors (Lipinski definition) is 2. The summed E-state index contributed by atoms with van der Waals surface area (Å²) in [6.45, 7) is 5.04. The SMILES string of the molecule is CCNC(C)c1ccc(Oc2ccc(Br)cc2Cl)cc1Cl. The van der Waals surface area contributed by atoms with Gasteiger partial charge in [0.1, 0.15) is 11.5 Å². The maximum absolute atomic E-state index is 6.33. The second-order valence-electron chi connectivity index (χ2n) is 4.64. The quantitative estimate of drug-likeness (QED) is 0.656. The van der Waals surface area contributed by atoms with Crippen LogP contribution in [0.2, 0.25) is 10.0 Å². The van der Waals surface area contributed by atoms with Crippen LogP contribution in [0.1, 0.15) is 25.5 Å². The highest BCUT2D eigenvalue weighted by Gasteiger charge is 2.10. The first-order valence-electron chi connectivity index (χ1n) is 6.67. The van der Waals surface area contributed by atoms with E-state index < -0.39 is 0 Å². The van der Waals surface area contributed by atoms with Crippen LogP contribution in [0, 0.1) is 0 Å². The van der Waals surface area contributed by atoms with Crippen LogP contribution in [-0.4, -0.2) is 6.54 Å². The minimum absolute atomic E-state index is 0.202. The molecule has 5 heteroatoms. The number of ether oxygens (including phenoxy) is 1. The van der Waals surface area contributed by atoms with Gasteiger partial charge in [0.2, 0.25) is 0 Å². The summed E-state index contributed by atoms with van der Waals surface area (Å²) >= 11 is 15.8. The zero-order chi connectivity index (χ0) is 15.4. The highest BCUT2D eigenvalue weighted by atomic mass is 79.9. The lowest BCUT2D eigenvalue weighted by atomic mass is 10.1. The van der Waals surface area contributed by atoms with Crippen LogP contribution < -0.4 is 10.1 Å². The Morgan fingerprint density at radius 3 is 2.52 bits per heavy atom. The largest absolute Gasteiger partial charge is 0.456 e. The summed E-state index contributed by atoms with van der Waals surface area (Å²) in [4.78, 5) is 0. The van der Waals surface area contributed by atoms with E-state index >= 15 is 0 Å². The molecule has 0 aliphatic carbocycles. The van der Waals surface area contributed by atoms with E-state index in [1.54, 1.807) is 6.07 Å². The zero-order valence-electron chi connectivity index (χ0n) is 11.8. The van der Waals surface area contributed by atoms with Gasteiger partial charge in [0.15, 0.2) is 0 Å². The molecular weight excluding hydrogens is 373 g/mol. The summed E-state index contributed by atoms with van der Waals surface area (Å²) < 4.78 is 6.69. The van der Waals surface area contributed by atoms with Crippen LogP contribution in [0.4, 0.5) is 0 Å². The Balaban J connectivity index is 2.20. The van der Waals surface area contributed by atoms with Gasteiger partial charge >= 0.3 is 0 Å². The van der Waals surface area contributed by atoms with Crippen LogP contribution >= 0.6 is 39.1 Å². The molecule has 0 fully saturated rings. The zero-order valence-corrected chi connectivity index (χ0v) is 14.9. The minimum atomic E-state index is 0.202. The molecule has 1 unspecified atom stereocenters. The van der Waals surface area contributed by atoms with Gasteiger partial charge in [0.05, 0.1) is 5.02 Å². The van der Waals surface area contributed by atoms with Gasteiger partial charge in [-0.3, -0.25) is 0 Å². The van der Waals surface area contributed by atoms with E-state index in [1.165, 1.54) is 0 Å². The van der Waals surface area contributed by atoms with E-state index in [0.717, 1.165) is 16.6 Å². The Morgan fingerprint density at radius 2 is 1.90 bits per heavy atom. The predicted molar refractivity (Wildman–Crippen MR) is 92.8 cm³/mol. The first-order valence-corrected chi connectivity index (χ1v) is 8.22. The van der Waals surface area contributed by atoms with E-state index in [-0.39, 0.29) is 6.04 Å². The van der Waals surface area contributed by atoms with Crippen molar-refractivity contribution in [3.8, 4) is 11.5 Å². The fourth-order valence-corrected chi connectivity index (χ4v) is 3.07. The molecule has 0 bridgehead atoms. The second kappa shape index (κ2) is 7.50. The summed E-state index contributed by atoms with van der Waals surface area (Å²) in [6.07, 6.45) is 0. The van der Waals surface area contributed by atoms with Crippen molar-refractivity contribution in [3.05, 3.63) is 56.5 Å². The summed E-state index contributed by atoms with van der Waals surface area (Å²) in [5, 5.41) is 4.56. The average molecular weight is 389 g/mol. The molecule has 2 nitrogen and oxygen atoms in total. The van der Waals surface area contributed by atoms with Crippen molar-refractivity contribution >= 4 is 39.1 Å². The van der Waals surface area contributed by atoms with Crippen molar-refractivity contribution in [1.29, 1.82) is 0 Å². The maximum atomic E-state index is 6.33. The molecule has 0 radical (unpaired) electrons. The molecule has 1 N–H and O–H groups in total. The smallest absolute Gasteiger partial charge is 0.146 e. The van der Waals surface area contributed by atoms with Gasteiger partial charge in [-0.2, -0.15) is 0 Å². The summed E-state index contributed by atoms with van der Waals surface area (Å²) in [5.74, 6) is 1.26. The van der Waals surface area contributed by atoms with Crippen molar-refractivity contribution in [2.45, 2.75) is 19.9 Å². The number of nitrogens with one attached hydrogen (secondary N) is 1. The number of benzene rings is 2. The van der Waals surface area contributed by atoms with E-state index in [0.29, 0.717) is 21.5 Å².